The number of hydrogen-bond donors (Lipinski definition) is 1. The molecule has 1 N–H and O–H groups in total. The molecule has 2 unspecified atom stereocenters. The fourth-order valence-electron chi connectivity index (χ4n) is 4.01. The molecule has 0 spiro atoms. The number of rotatable bonds is 5. The summed E-state index contributed by atoms with van der Waals surface area (Å²) in [4.78, 5) is 13.4. The van der Waals surface area contributed by atoms with E-state index in [-0.39, 0.29) is 23.4 Å². The SMILES string of the molecule is Cc1ccc(S(=O)(=O)N2CC(C(=O)NC(C)c3cc(C)ccc3C)Oc3ccccc32)cc1. The van der Waals surface area contributed by atoms with E-state index in [0.717, 1.165) is 22.3 Å². The Morgan fingerprint density at radius 3 is 2.39 bits per heavy atom. The molecule has 7 heteroatoms. The summed E-state index contributed by atoms with van der Waals surface area (Å²) in [7, 11) is -3.88. The van der Waals surface area contributed by atoms with E-state index < -0.39 is 16.1 Å². The summed E-state index contributed by atoms with van der Waals surface area (Å²) >= 11 is 0. The maximum atomic E-state index is 13.5. The van der Waals surface area contributed by atoms with Gasteiger partial charge < -0.3 is 10.1 Å². The molecule has 1 aliphatic rings. The van der Waals surface area contributed by atoms with E-state index in [9.17, 15) is 13.2 Å². The van der Waals surface area contributed by atoms with Gasteiger partial charge >= 0.3 is 0 Å². The van der Waals surface area contributed by atoms with Crippen LogP contribution in [0.4, 0.5) is 5.69 Å². The Hall–Kier alpha value is -3.32. The number of carbonyl (C=O) groups excluding carboxylic acids is 1. The molecule has 3 aromatic carbocycles. The van der Waals surface area contributed by atoms with E-state index >= 15 is 0 Å². The van der Waals surface area contributed by atoms with E-state index in [1.165, 1.54) is 4.31 Å². The van der Waals surface area contributed by atoms with Crippen LogP contribution in [0.25, 0.3) is 0 Å². The topological polar surface area (TPSA) is 75.7 Å². The molecule has 0 bridgehead atoms. The number of amides is 1. The number of hydrogen-bond acceptors (Lipinski definition) is 4. The standard InChI is InChI=1S/C26H28N2O4S/c1-17-10-13-21(14-11-17)33(30,31)28-16-25(32-24-8-6-5-7-23(24)28)26(29)27-20(4)22-15-18(2)9-12-19(22)3/h5-15,20,25H,16H2,1-4H3,(H,27,29). The quantitative estimate of drug-likeness (QED) is 0.606. The number of fused-ring (bicyclic) bond motifs is 1. The van der Waals surface area contributed by atoms with Gasteiger partial charge in [-0.2, -0.15) is 0 Å². The van der Waals surface area contributed by atoms with E-state index in [1.807, 2.05) is 45.9 Å². The van der Waals surface area contributed by atoms with Crippen LogP contribution in [0.3, 0.4) is 0 Å². The van der Waals surface area contributed by atoms with Gasteiger partial charge in [-0.05, 0) is 63.1 Å². The second kappa shape index (κ2) is 8.90. The molecule has 2 atom stereocenters. The summed E-state index contributed by atoms with van der Waals surface area (Å²) in [6.07, 6.45) is -0.979. The van der Waals surface area contributed by atoms with E-state index in [0.29, 0.717) is 11.4 Å². The minimum absolute atomic E-state index is 0.113. The van der Waals surface area contributed by atoms with Crippen molar-refractivity contribution in [2.24, 2.45) is 0 Å². The molecule has 0 saturated heterocycles. The van der Waals surface area contributed by atoms with Crippen molar-refractivity contribution in [3.8, 4) is 5.75 Å². The van der Waals surface area contributed by atoms with E-state index in [1.54, 1.807) is 48.5 Å². The second-order valence-electron chi connectivity index (χ2n) is 8.51. The van der Waals surface area contributed by atoms with Crippen LogP contribution in [0.5, 0.6) is 5.75 Å². The number of carbonyl (C=O) groups is 1. The van der Waals surface area contributed by atoms with Gasteiger partial charge in [-0.3, -0.25) is 9.10 Å². The first-order valence-electron chi connectivity index (χ1n) is 10.9. The Balaban J connectivity index is 1.63. The molecular formula is C26H28N2O4S. The zero-order chi connectivity index (χ0) is 23.8. The average Bonchev–Trinajstić information content (AvgIpc) is 2.80. The molecule has 0 fully saturated rings. The second-order valence-corrected chi connectivity index (χ2v) is 10.4. The molecule has 1 amide bonds. The highest BCUT2D eigenvalue weighted by molar-refractivity contribution is 7.92. The van der Waals surface area contributed by atoms with Crippen molar-refractivity contribution in [2.75, 3.05) is 10.8 Å². The maximum Gasteiger partial charge on any atom is 0.264 e. The van der Waals surface area contributed by atoms with Crippen LogP contribution in [-0.2, 0) is 14.8 Å². The number of aryl methyl sites for hydroxylation is 3. The number of nitrogens with zero attached hydrogens (tertiary/aromatic N) is 1. The number of nitrogens with one attached hydrogen (secondary N) is 1. The summed E-state index contributed by atoms with van der Waals surface area (Å²) in [6, 6.07) is 19.4. The van der Waals surface area contributed by atoms with Crippen LogP contribution in [0.2, 0.25) is 0 Å². The van der Waals surface area contributed by atoms with E-state index in [4.69, 9.17) is 4.74 Å². The minimum Gasteiger partial charge on any atom is -0.476 e. The molecule has 1 heterocycles. The zero-order valence-corrected chi connectivity index (χ0v) is 20.0. The van der Waals surface area contributed by atoms with Gasteiger partial charge in [-0.25, -0.2) is 8.42 Å². The molecule has 4 rings (SSSR count). The summed E-state index contributed by atoms with van der Waals surface area (Å²) in [6.45, 7) is 7.71. The van der Waals surface area contributed by atoms with Gasteiger partial charge in [0.1, 0.15) is 5.75 Å². The Bertz CT molecular complexity index is 1290. The predicted molar refractivity (Wildman–Crippen MR) is 129 cm³/mol. The lowest BCUT2D eigenvalue weighted by molar-refractivity contribution is -0.128. The third kappa shape index (κ3) is 4.59. The van der Waals surface area contributed by atoms with Crippen LogP contribution in [-0.4, -0.2) is 27.0 Å². The lowest BCUT2D eigenvalue weighted by Crippen LogP contribution is -2.51. The summed E-state index contributed by atoms with van der Waals surface area (Å²) < 4.78 is 34.2. The van der Waals surface area contributed by atoms with E-state index in [2.05, 4.69) is 5.32 Å². The highest BCUT2D eigenvalue weighted by Crippen LogP contribution is 2.37. The van der Waals surface area contributed by atoms with Crippen LogP contribution >= 0.6 is 0 Å². The molecule has 1 aliphatic heterocycles. The van der Waals surface area contributed by atoms with Gasteiger partial charge in [-0.1, -0.05) is 53.6 Å². The van der Waals surface area contributed by atoms with Crippen LogP contribution in [0, 0.1) is 20.8 Å². The van der Waals surface area contributed by atoms with Crippen LogP contribution in [0.15, 0.2) is 71.6 Å². The molecule has 172 valence electrons. The number of anilines is 1. The smallest absolute Gasteiger partial charge is 0.264 e. The number of sulfonamides is 1. The average molecular weight is 465 g/mol. The monoisotopic (exact) mass is 464 g/mol. The summed E-state index contributed by atoms with van der Waals surface area (Å²) in [5.41, 5.74) is 4.59. The van der Waals surface area contributed by atoms with Crippen molar-refractivity contribution in [3.05, 3.63) is 89.0 Å². The molecular weight excluding hydrogens is 436 g/mol. The Labute approximate surface area is 195 Å². The van der Waals surface area contributed by atoms with Gasteiger partial charge in [0.05, 0.1) is 23.2 Å². The Morgan fingerprint density at radius 2 is 1.67 bits per heavy atom. The summed E-state index contributed by atoms with van der Waals surface area (Å²) in [5.74, 6) is 0.000918. The van der Waals surface area contributed by atoms with Crippen molar-refractivity contribution in [1.82, 2.24) is 5.32 Å². The van der Waals surface area contributed by atoms with Crippen molar-refractivity contribution in [1.29, 1.82) is 0 Å². The predicted octanol–water partition coefficient (Wildman–Crippen LogP) is 4.45. The molecule has 0 radical (unpaired) electrons. The highest BCUT2D eigenvalue weighted by Gasteiger charge is 2.37. The Kier molecular flexibility index (Phi) is 6.17. The van der Waals surface area contributed by atoms with Gasteiger partial charge in [0.15, 0.2) is 6.10 Å². The molecule has 3 aromatic rings. The van der Waals surface area contributed by atoms with Crippen LogP contribution in [0.1, 0.15) is 35.2 Å². The first-order chi connectivity index (χ1) is 15.7. The molecule has 6 nitrogen and oxygen atoms in total. The number of benzene rings is 3. The van der Waals surface area contributed by atoms with Crippen molar-refractivity contribution >= 4 is 21.6 Å². The normalized spacial score (nSPS) is 16.5. The zero-order valence-electron chi connectivity index (χ0n) is 19.2. The fraction of sp³-hybridized carbons (Fsp3) is 0.269. The molecule has 0 aromatic heterocycles. The maximum absolute atomic E-state index is 13.5. The minimum atomic E-state index is -3.88. The largest absolute Gasteiger partial charge is 0.476 e. The molecule has 33 heavy (non-hydrogen) atoms. The van der Waals surface area contributed by atoms with Crippen molar-refractivity contribution < 1.29 is 17.9 Å². The first-order valence-corrected chi connectivity index (χ1v) is 12.3. The third-order valence-corrected chi connectivity index (χ3v) is 7.69. The van der Waals surface area contributed by atoms with Gasteiger partial charge in [0.25, 0.3) is 15.9 Å². The lowest BCUT2D eigenvalue weighted by Gasteiger charge is -2.35. The fourth-order valence-corrected chi connectivity index (χ4v) is 5.49. The van der Waals surface area contributed by atoms with Gasteiger partial charge in [0, 0.05) is 0 Å². The molecule has 0 saturated carbocycles. The number of ether oxygens (including phenoxy) is 1. The van der Waals surface area contributed by atoms with Crippen LogP contribution < -0.4 is 14.4 Å². The van der Waals surface area contributed by atoms with Gasteiger partial charge in [-0.15, -0.1) is 0 Å². The highest BCUT2D eigenvalue weighted by atomic mass is 32.2. The Morgan fingerprint density at radius 1 is 1.00 bits per heavy atom. The molecule has 0 aliphatic carbocycles. The first kappa shape index (κ1) is 22.9. The lowest BCUT2D eigenvalue weighted by atomic mass is 10.00. The van der Waals surface area contributed by atoms with Crippen molar-refractivity contribution in [3.63, 3.8) is 0 Å². The van der Waals surface area contributed by atoms with Crippen molar-refractivity contribution in [2.45, 2.75) is 44.7 Å². The summed E-state index contributed by atoms with van der Waals surface area (Å²) in [5, 5.41) is 3.00. The third-order valence-electron chi connectivity index (χ3n) is 5.90. The number of para-hydroxylation sites is 2. The van der Waals surface area contributed by atoms with Gasteiger partial charge in [0.2, 0.25) is 0 Å².